The van der Waals surface area contributed by atoms with Crippen molar-refractivity contribution in [3.05, 3.63) is 23.8 Å². The Balaban J connectivity index is 1.52. The van der Waals surface area contributed by atoms with E-state index in [-0.39, 0.29) is 0 Å². The zero-order valence-electron chi connectivity index (χ0n) is 10.9. The maximum Gasteiger partial charge on any atom is 0.161 e. The highest BCUT2D eigenvalue weighted by molar-refractivity contribution is 5.43. The molecule has 0 unspecified atom stereocenters. The van der Waals surface area contributed by atoms with Crippen LogP contribution in [0, 0.1) is 0 Å². The van der Waals surface area contributed by atoms with Crippen LogP contribution in [-0.2, 0) is 6.42 Å². The monoisotopic (exact) mass is 248 g/mol. The SMILES string of the molecule is c1cc2c(cc1CCC[NH+]1CCCC1)OCCO2. The molecule has 0 radical (unpaired) electrons. The highest BCUT2D eigenvalue weighted by Gasteiger charge is 2.15. The Labute approximate surface area is 109 Å². The maximum absolute atomic E-state index is 5.61. The zero-order valence-corrected chi connectivity index (χ0v) is 10.9. The van der Waals surface area contributed by atoms with Gasteiger partial charge in [-0.2, -0.15) is 0 Å². The summed E-state index contributed by atoms with van der Waals surface area (Å²) in [7, 11) is 0. The third kappa shape index (κ3) is 2.78. The summed E-state index contributed by atoms with van der Waals surface area (Å²) in [6, 6.07) is 6.37. The molecule has 1 fully saturated rings. The normalized spacial score (nSPS) is 19.1. The summed E-state index contributed by atoms with van der Waals surface area (Å²) in [5.41, 5.74) is 1.37. The number of ether oxygens (including phenoxy) is 2. The van der Waals surface area contributed by atoms with E-state index < -0.39 is 0 Å². The van der Waals surface area contributed by atoms with Gasteiger partial charge in [0.15, 0.2) is 11.5 Å². The third-order valence-electron chi connectivity index (χ3n) is 3.91. The van der Waals surface area contributed by atoms with E-state index >= 15 is 0 Å². The summed E-state index contributed by atoms with van der Waals surface area (Å²) in [6.45, 7) is 5.41. The molecule has 98 valence electrons. The van der Waals surface area contributed by atoms with Gasteiger partial charge in [0.05, 0.1) is 19.6 Å². The summed E-state index contributed by atoms with van der Waals surface area (Å²) in [5.74, 6) is 1.82. The molecule has 2 aliphatic rings. The van der Waals surface area contributed by atoms with Crippen LogP contribution < -0.4 is 14.4 Å². The molecule has 1 aromatic carbocycles. The molecular weight excluding hydrogens is 226 g/mol. The van der Waals surface area contributed by atoms with Crippen molar-refractivity contribution in [1.29, 1.82) is 0 Å². The van der Waals surface area contributed by atoms with Gasteiger partial charge in [0.2, 0.25) is 0 Å². The van der Waals surface area contributed by atoms with Gasteiger partial charge in [0, 0.05) is 19.3 Å². The van der Waals surface area contributed by atoms with Crippen LogP contribution in [0.2, 0.25) is 0 Å². The summed E-state index contributed by atoms with van der Waals surface area (Å²) >= 11 is 0. The number of fused-ring (bicyclic) bond motifs is 1. The molecule has 0 saturated carbocycles. The Bertz CT molecular complexity index is 399. The van der Waals surface area contributed by atoms with E-state index in [1.165, 1.54) is 44.5 Å². The molecule has 18 heavy (non-hydrogen) atoms. The van der Waals surface area contributed by atoms with E-state index in [1.807, 2.05) is 6.07 Å². The van der Waals surface area contributed by atoms with Crippen molar-refractivity contribution < 1.29 is 14.4 Å². The first kappa shape index (κ1) is 11.8. The molecule has 0 spiro atoms. The Morgan fingerprint density at radius 1 is 1.00 bits per heavy atom. The van der Waals surface area contributed by atoms with Crippen LogP contribution in [0.3, 0.4) is 0 Å². The van der Waals surface area contributed by atoms with E-state index in [4.69, 9.17) is 9.47 Å². The second-order valence-corrected chi connectivity index (χ2v) is 5.29. The minimum Gasteiger partial charge on any atom is -0.486 e. The van der Waals surface area contributed by atoms with Crippen molar-refractivity contribution in [3.8, 4) is 11.5 Å². The summed E-state index contributed by atoms with van der Waals surface area (Å²) < 4.78 is 11.1. The van der Waals surface area contributed by atoms with Gasteiger partial charge in [-0.15, -0.1) is 0 Å². The van der Waals surface area contributed by atoms with Crippen LogP contribution >= 0.6 is 0 Å². The molecule has 0 amide bonds. The van der Waals surface area contributed by atoms with Gasteiger partial charge >= 0.3 is 0 Å². The molecule has 3 rings (SSSR count). The Kier molecular flexibility index (Phi) is 3.69. The van der Waals surface area contributed by atoms with Crippen molar-refractivity contribution >= 4 is 0 Å². The topological polar surface area (TPSA) is 22.9 Å². The lowest BCUT2D eigenvalue weighted by atomic mass is 10.1. The molecule has 3 nitrogen and oxygen atoms in total. The lowest BCUT2D eigenvalue weighted by molar-refractivity contribution is -0.887. The second-order valence-electron chi connectivity index (χ2n) is 5.29. The smallest absolute Gasteiger partial charge is 0.161 e. The Morgan fingerprint density at radius 2 is 1.78 bits per heavy atom. The lowest BCUT2D eigenvalue weighted by Gasteiger charge is -2.19. The third-order valence-corrected chi connectivity index (χ3v) is 3.91. The van der Waals surface area contributed by atoms with Crippen molar-refractivity contribution in [2.45, 2.75) is 25.7 Å². The fourth-order valence-electron chi connectivity index (χ4n) is 2.91. The van der Waals surface area contributed by atoms with E-state index in [2.05, 4.69) is 12.1 Å². The Morgan fingerprint density at radius 3 is 2.61 bits per heavy atom. The standard InChI is InChI=1S/C15H21NO2/c1-2-8-16(7-1)9-3-4-13-5-6-14-15(12-13)18-11-10-17-14/h5-6,12H,1-4,7-11H2/p+1. The van der Waals surface area contributed by atoms with Crippen LogP contribution in [0.5, 0.6) is 11.5 Å². The van der Waals surface area contributed by atoms with Gasteiger partial charge < -0.3 is 14.4 Å². The van der Waals surface area contributed by atoms with Crippen LogP contribution in [0.1, 0.15) is 24.8 Å². The van der Waals surface area contributed by atoms with Crippen LogP contribution in [0.25, 0.3) is 0 Å². The fourth-order valence-corrected chi connectivity index (χ4v) is 2.91. The number of nitrogens with one attached hydrogen (secondary N) is 1. The molecule has 1 saturated heterocycles. The predicted octanol–water partition coefficient (Wildman–Crippen LogP) is 1.07. The highest BCUT2D eigenvalue weighted by Crippen LogP contribution is 2.30. The summed E-state index contributed by atoms with van der Waals surface area (Å²) in [6.07, 6.45) is 5.26. The molecule has 1 N–H and O–H groups in total. The van der Waals surface area contributed by atoms with E-state index in [0.717, 1.165) is 17.9 Å². The van der Waals surface area contributed by atoms with E-state index in [0.29, 0.717) is 13.2 Å². The molecule has 0 atom stereocenters. The van der Waals surface area contributed by atoms with Gasteiger partial charge in [0.25, 0.3) is 0 Å². The molecular formula is C15H22NO2+. The number of aryl methyl sites for hydroxylation is 1. The van der Waals surface area contributed by atoms with Gasteiger partial charge in [-0.3, -0.25) is 0 Å². The van der Waals surface area contributed by atoms with Crippen molar-refractivity contribution in [2.24, 2.45) is 0 Å². The average molecular weight is 248 g/mol. The van der Waals surface area contributed by atoms with Crippen molar-refractivity contribution in [1.82, 2.24) is 0 Å². The van der Waals surface area contributed by atoms with Crippen LogP contribution in [0.4, 0.5) is 0 Å². The quantitative estimate of drug-likeness (QED) is 0.861. The first-order chi connectivity index (χ1) is 8.92. The number of quaternary nitrogens is 1. The minimum absolute atomic E-state index is 0.671. The highest BCUT2D eigenvalue weighted by atomic mass is 16.6. The first-order valence-electron chi connectivity index (χ1n) is 7.14. The molecule has 2 heterocycles. The maximum atomic E-state index is 5.61. The zero-order chi connectivity index (χ0) is 12.2. The molecule has 3 heteroatoms. The molecule has 0 aromatic heterocycles. The lowest BCUT2D eigenvalue weighted by Crippen LogP contribution is -3.10. The fraction of sp³-hybridized carbons (Fsp3) is 0.600. The summed E-state index contributed by atoms with van der Waals surface area (Å²) in [5, 5.41) is 0. The van der Waals surface area contributed by atoms with Gasteiger partial charge in [0.1, 0.15) is 13.2 Å². The molecule has 0 aliphatic carbocycles. The number of hydrogen-bond donors (Lipinski definition) is 1. The number of benzene rings is 1. The average Bonchev–Trinajstić information content (AvgIpc) is 2.92. The summed E-state index contributed by atoms with van der Waals surface area (Å²) in [4.78, 5) is 1.78. The van der Waals surface area contributed by atoms with Crippen molar-refractivity contribution in [2.75, 3.05) is 32.8 Å². The first-order valence-corrected chi connectivity index (χ1v) is 7.14. The van der Waals surface area contributed by atoms with Gasteiger partial charge in [-0.05, 0) is 24.1 Å². The molecule has 0 bridgehead atoms. The minimum atomic E-state index is 0.671. The number of likely N-dealkylation sites (tertiary alicyclic amines) is 1. The van der Waals surface area contributed by atoms with E-state index in [9.17, 15) is 0 Å². The predicted molar refractivity (Wildman–Crippen MR) is 70.6 cm³/mol. The van der Waals surface area contributed by atoms with Crippen LogP contribution in [0.15, 0.2) is 18.2 Å². The molecule has 1 aromatic rings. The molecule has 2 aliphatic heterocycles. The van der Waals surface area contributed by atoms with Crippen molar-refractivity contribution in [3.63, 3.8) is 0 Å². The second kappa shape index (κ2) is 5.61. The van der Waals surface area contributed by atoms with Gasteiger partial charge in [-0.25, -0.2) is 0 Å². The van der Waals surface area contributed by atoms with Crippen LogP contribution in [-0.4, -0.2) is 32.8 Å². The van der Waals surface area contributed by atoms with Gasteiger partial charge in [-0.1, -0.05) is 6.07 Å². The number of hydrogen-bond acceptors (Lipinski definition) is 2. The number of rotatable bonds is 4. The Hall–Kier alpha value is -1.22. The van der Waals surface area contributed by atoms with E-state index in [1.54, 1.807) is 4.90 Å². The largest absolute Gasteiger partial charge is 0.486 e.